The molecule has 2 amide bonds. The third-order valence-corrected chi connectivity index (χ3v) is 7.81. The van der Waals surface area contributed by atoms with E-state index in [4.69, 9.17) is 9.47 Å². The summed E-state index contributed by atoms with van der Waals surface area (Å²) in [6, 6.07) is 21.4. The van der Waals surface area contributed by atoms with Gasteiger partial charge in [0.25, 0.3) is 0 Å². The Hall–Kier alpha value is -4.22. The molecule has 1 N–H and O–H groups in total. The molecule has 3 aromatic carbocycles. The predicted octanol–water partition coefficient (Wildman–Crippen LogP) is 6.10. The summed E-state index contributed by atoms with van der Waals surface area (Å²) in [7, 11) is -2.96. The van der Waals surface area contributed by atoms with Crippen molar-refractivity contribution in [2.24, 2.45) is 0 Å². The number of anilines is 2. The molecule has 0 bridgehead atoms. The fourth-order valence-corrected chi connectivity index (χ4v) is 5.82. The third-order valence-electron chi connectivity index (χ3n) is 5.97. The lowest BCUT2D eigenvalue weighted by atomic mass is 10.1. The number of rotatable bonds is 7. The number of nitrogens with one attached hydrogen (secondary N) is 1. The topological polar surface area (TPSA) is 115 Å². The fraction of sp³-hybridized carbons (Fsp3) is 0.179. The van der Waals surface area contributed by atoms with E-state index in [0.717, 1.165) is 11.1 Å². The maximum absolute atomic E-state index is 12.6. The van der Waals surface area contributed by atoms with E-state index in [2.05, 4.69) is 10.3 Å². The van der Waals surface area contributed by atoms with Crippen LogP contribution >= 0.6 is 11.3 Å². The molecule has 1 aromatic heterocycles. The zero-order valence-corrected chi connectivity index (χ0v) is 22.8. The minimum atomic E-state index is -2.96. The largest absolute Gasteiger partial charge is 0.447 e. The van der Waals surface area contributed by atoms with Gasteiger partial charge >= 0.3 is 12.2 Å². The van der Waals surface area contributed by atoms with E-state index in [9.17, 15) is 18.0 Å². The number of hydrogen-bond donors (Lipinski definition) is 2. The van der Waals surface area contributed by atoms with Gasteiger partial charge in [-0.15, -0.1) is 11.3 Å². The number of carbonyl (C=O) groups excluding carboxylic acids is 2. The van der Waals surface area contributed by atoms with Crippen LogP contribution < -0.4 is 10.2 Å². The van der Waals surface area contributed by atoms with Crippen molar-refractivity contribution < 1.29 is 27.5 Å². The zero-order valence-electron chi connectivity index (χ0n) is 21.1. The molecule has 0 aliphatic carbocycles. The Balaban J connectivity index is 1.36. The second-order valence-corrected chi connectivity index (χ2v) is 11.1. The first kappa shape index (κ1) is 26.4. The van der Waals surface area contributed by atoms with Gasteiger partial charge in [0.1, 0.15) is 11.1 Å². The summed E-state index contributed by atoms with van der Waals surface area (Å²) in [6.45, 7) is 3.82. The molecule has 11 heteroatoms. The molecule has 1 atom stereocenters. The lowest BCUT2D eigenvalue weighted by molar-refractivity contribution is 0.130. The van der Waals surface area contributed by atoms with E-state index in [1.165, 1.54) is 22.3 Å². The maximum atomic E-state index is 12.6. The van der Waals surface area contributed by atoms with Crippen molar-refractivity contribution in [3.63, 3.8) is 0 Å². The number of aromatic nitrogens is 1. The van der Waals surface area contributed by atoms with Gasteiger partial charge in [-0.1, -0.05) is 36.4 Å². The van der Waals surface area contributed by atoms with Crippen molar-refractivity contribution >= 4 is 45.6 Å². The molecule has 2 heterocycles. The van der Waals surface area contributed by atoms with Crippen LogP contribution in [0.3, 0.4) is 0 Å². The van der Waals surface area contributed by atoms with Gasteiger partial charge in [0.2, 0.25) is 0 Å². The van der Waals surface area contributed by atoms with Crippen molar-refractivity contribution in [3.8, 4) is 21.0 Å². The Morgan fingerprint density at radius 3 is 2.54 bits per heavy atom. The molecule has 200 valence electrons. The summed E-state index contributed by atoms with van der Waals surface area (Å²) in [5, 5.41) is 3.35. The highest BCUT2D eigenvalue weighted by atomic mass is 32.2. The summed E-state index contributed by atoms with van der Waals surface area (Å²) < 4.78 is 35.1. The van der Waals surface area contributed by atoms with Gasteiger partial charge in [-0.05, 0) is 55.8 Å². The standard InChI is InChI=1S/C28H25N3O6S2/c1-17(2)36-27(32)30-20-10-8-19(9-11-20)26-29-15-24(38-26)22-13-12-21(14-25(22)39(34)35)31-16-23(37-28(31)33)18-6-4-3-5-7-18/h3-15,17,23,39H,16H2,1-2H3,(H,30,32). The minimum Gasteiger partial charge on any atom is -0.447 e. The Morgan fingerprint density at radius 1 is 1.10 bits per heavy atom. The lowest BCUT2D eigenvalue weighted by Gasteiger charge is -2.14. The molecule has 9 nitrogen and oxygen atoms in total. The number of benzene rings is 3. The molecular weight excluding hydrogens is 538 g/mol. The minimum absolute atomic E-state index is 0.0943. The predicted molar refractivity (Wildman–Crippen MR) is 150 cm³/mol. The smallest absolute Gasteiger partial charge is 0.415 e. The summed E-state index contributed by atoms with van der Waals surface area (Å²) in [5.74, 6) is 0. The number of thiol groups is 1. The van der Waals surface area contributed by atoms with Crippen LogP contribution in [0.25, 0.3) is 21.0 Å². The highest BCUT2D eigenvalue weighted by molar-refractivity contribution is 7.72. The Morgan fingerprint density at radius 2 is 1.85 bits per heavy atom. The second-order valence-electron chi connectivity index (χ2n) is 9.04. The number of hydrogen-bond acceptors (Lipinski definition) is 8. The summed E-state index contributed by atoms with van der Waals surface area (Å²) in [6.07, 6.45) is -0.0983. The van der Waals surface area contributed by atoms with Gasteiger partial charge in [-0.3, -0.25) is 10.2 Å². The van der Waals surface area contributed by atoms with Gasteiger partial charge < -0.3 is 9.47 Å². The van der Waals surface area contributed by atoms with Gasteiger partial charge in [0, 0.05) is 28.7 Å². The first-order valence-corrected chi connectivity index (χ1v) is 14.1. The molecule has 1 unspecified atom stereocenters. The molecule has 1 fully saturated rings. The quantitative estimate of drug-likeness (QED) is 0.261. The van der Waals surface area contributed by atoms with E-state index >= 15 is 0 Å². The van der Waals surface area contributed by atoms with Crippen molar-refractivity contribution in [1.29, 1.82) is 0 Å². The Kier molecular flexibility index (Phi) is 7.62. The van der Waals surface area contributed by atoms with Gasteiger partial charge in [0.15, 0.2) is 10.7 Å². The number of carbonyl (C=O) groups is 2. The molecule has 4 aromatic rings. The first-order valence-electron chi connectivity index (χ1n) is 12.1. The monoisotopic (exact) mass is 563 g/mol. The molecule has 0 radical (unpaired) electrons. The average molecular weight is 564 g/mol. The first-order chi connectivity index (χ1) is 18.8. The van der Waals surface area contributed by atoms with Gasteiger partial charge in [-0.2, -0.15) is 0 Å². The zero-order chi connectivity index (χ0) is 27.5. The fourth-order valence-electron chi connectivity index (χ4n) is 4.15. The van der Waals surface area contributed by atoms with Crippen LogP contribution in [-0.4, -0.2) is 38.2 Å². The lowest BCUT2D eigenvalue weighted by Crippen LogP contribution is -2.23. The molecule has 5 rings (SSSR count). The number of ether oxygens (including phenoxy) is 2. The molecule has 39 heavy (non-hydrogen) atoms. The van der Waals surface area contributed by atoms with Crippen molar-refractivity contribution in [3.05, 3.63) is 84.6 Å². The molecule has 0 saturated carbocycles. The van der Waals surface area contributed by atoms with Crippen LogP contribution in [-0.2, 0) is 20.2 Å². The van der Waals surface area contributed by atoms with Gasteiger partial charge in [-0.25, -0.2) is 23.0 Å². The highest BCUT2D eigenvalue weighted by Gasteiger charge is 2.33. The summed E-state index contributed by atoms with van der Waals surface area (Å²) in [5.41, 5.74) is 3.21. The van der Waals surface area contributed by atoms with Gasteiger partial charge in [0.05, 0.1) is 22.4 Å². The van der Waals surface area contributed by atoms with Crippen LogP contribution in [0, 0.1) is 0 Å². The van der Waals surface area contributed by atoms with Crippen molar-refractivity contribution in [2.75, 3.05) is 16.8 Å². The maximum Gasteiger partial charge on any atom is 0.415 e. The van der Waals surface area contributed by atoms with E-state index in [1.54, 1.807) is 44.3 Å². The molecule has 0 spiro atoms. The number of thiazole rings is 1. The normalized spacial score (nSPS) is 15.0. The second kappa shape index (κ2) is 11.3. The number of nitrogens with zero attached hydrogens (tertiary/aromatic N) is 2. The molecular formula is C28H25N3O6S2. The highest BCUT2D eigenvalue weighted by Crippen LogP contribution is 2.38. The van der Waals surface area contributed by atoms with E-state index in [0.29, 0.717) is 26.8 Å². The van der Waals surface area contributed by atoms with Crippen LogP contribution in [0.1, 0.15) is 25.5 Å². The Bertz CT molecular complexity index is 1570. The molecule has 1 saturated heterocycles. The van der Waals surface area contributed by atoms with Crippen LogP contribution in [0.5, 0.6) is 0 Å². The number of cyclic esters (lactones) is 1. The van der Waals surface area contributed by atoms with E-state index in [-0.39, 0.29) is 17.5 Å². The van der Waals surface area contributed by atoms with Crippen LogP contribution in [0.4, 0.5) is 21.0 Å². The Labute approximate surface area is 231 Å². The number of amides is 2. The van der Waals surface area contributed by atoms with E-state index in [1.807, 2.05) is 42.5 Å². The van der Waals surface area contributed by atoms with Crippen molar-refractivity contribution in [1.82, 2.24) is 4.98 Å². The SMILES string of the molecule is CC(C)OC(=O)Nc1ccc(-c2ncc(-c3ccc(N4CC(c5ccccc5)OC4=O)cc3[SH](=O)=O)s2)cc1. The van der Waals surface area contributed by atoms with E-state index < -0.39 is 29.0 Å². The average Bonchev–Trinajstić information content (AvgIpc) is 3.56. The summed E-state index contributed by atoms with van der Waals surface area (Å²) in [4.78, 5) is 31.1. The van der Waals surface area contributed by atoms with Crippen LogP contribution in [0.2, 0.25) is 0 Å². The van der Waals surface area contributed by atoms with Crippen LogP contribution in [0.15, 0.2) is 83.9 Å². The van der Waals surface area contributed by atoms with Crippen molar-refractivity contribution in [2.45, 2.75) is 31.0 Å². The molecule has 1 aliphatic rings. The third kappa shape index (κ3) is 5.94. The molecule has 1 aliphatic heterocycles. The summed E-state index contributed by atoms with van der Waals surface area (Å²) >= 11 is 1.34.